The lowest BCUT2D eigenvalue weighted by Gasteiger charge is -2.26. The van der Waals surface area contributed by atoms with Crippen molar-refractivity contribution in [3.05, 3.63) is 146 Å². The van der Waals surface area contributed by atoms with Gasteiger partial charge in [0.05, 0.1) is 0 Å². The van der Waals surface area contributed by atoms with Gasteiger partial charge in [-0.05, 0) is 59.2 Å². The van der Waals surface area contributed by atoms with Crippen molar-refractivity contribution in [2.75, 3.05) is 4.90 Å². The summed E-state index contributed by atoms with van der Waals surface area (Å²) >= 11 is 0. The highest BCUT2D eigenvalue weighted by Crippen LogP contribution is 2.39. The fourth-order valence-corrected chi connectivity index (χ4v) is 5.35. The summed E-state index contributed by atoms with van der Waals surface area (Å²) in [5.41, 5.74) is 10.2. The van der Waals surface area contributed by atoms with Crippen LogP contribution >= 0.6 is 0 Å². The van der Waals surface area contributed by atoms with E-state index >= 15 is 0 Å². The number of benzene rings is 6. The fourth-order valence-electron chi connectivity index (χ4n) is 5.35. The minimum atomic E-state index is 0.761. The van der Waals surface area contributed by atoms with E-state index in [0.717, 1.165) is 63.1 Å². The molecule has 3 nitrogen and oxygen atoms in total. The number of hydrogen-bond donors (Lipinski definition) is 1. The summed E-state index contributed by atoms with van der Waals surface area (Å²) < 4.78 is 6.29. The number of para-hydroxylation sites is 2. The lowest BCUT2D eigenvalue weighted by atomic mass is 9.89. The van der Waals surface area contributed by atoms with E-state index in [-0.39, 0.29) is 0 Å². The number of hydrogen-bond acceptors (Lipinski definition) is 3. The maximum Gasteiger partial charge on any atom is 0.326 e. The van der Waals surface area contributed by atoms with Crippen LogP contribution in [0.15, 0.2) is 150 Å². The first-order valence-electron chi connectivity index (χ1n) is 13.3. The normalized spacial score (nSPS) is 11.1. The van der Waals surface area contributed by atoms with Gasteiger partial charge in [-0.2, -0.15) is 0 Å². The third-order valence-electron chi connectivity index (χ3n) is 7.37. The Morgan fingerprint density at radius 1 is 0.475 bits per heavy atom. The molecular weight excluding hydrogens is 489 g/mol. The first-order chi connectivity index (χ1) is 19.8. The van der Waals surface area contributed by atoms with Crippen molar-refractivity contribution in [1.82, 2.24) is 0 Å². The average Bonchev–Trinajstić information content (AvgIpc) is 3.42. The highest BCUT2D eigenvalue weighted by molar-refractivity contribution is 6.45. The summed E-state index contributed by atoms with van der Waals surface area (Å²) in [4.78, 5) is 2.22. The maximum atomic E-state index is 9.45. The molecule has 0 spiro atoms. The van der Waals surface area contributed by atoms with Gasteiger partial charge < -0.3 is 14.3 Å². The van der Waals surface area contributed by atoms with Gasteiger partial charge in [0, 0.05) is 33.4 Å². The molecule has 0 aliphatic rings. The topological polar surface area (TPSA) is 36.6 Å². The predicted molar refractivity (Wildman–Crippen MR) is 167 cm³/mol. The van der Waals surface area contributed by atoms with Gasteiger partial charge in [0.1, 0.15) is 11.2 Å². The van der Waals surface area contributed by atoms with E-state index in [2.05, 4.69) is 102 Å². The van der Waals surface area contributed by atoms with Gasteiger partial charge in [-0.15, -0.1) is 0 Å². The number of anilines is 3. The molecule has 1 N–H and O–H groups in total. The van der Waals surface area contributed by atoms with E-state index in [9.17, 15) is 5.02 Å². The summed E-state index contributed by atoms with van der Waals surface area (Å²) in [6, 6.07) is 50.0. The predicted octanol–water partition coefficient (Wildman–Crippen LogP) is 8.63. The minimum absolute atomic E-state index is 0.761. The highest BCUT2D eigenvalue weighted by Gasteiger charge is 2.15. The van der Waals surface area contributed by atoms with Gasteiger partial charge in [0.15, 0.2) is 0 Å². The molecular formula is C36H25BNO2. The second-order valence-electron chi connectivity index (χ2n) is 9.80. The maximum absolute atomic E-state index is 9.45. The molecule has 7 rings (SSSR count). The smallest absolute Gasteiger partial charge is 0.326 e. The zero-order valence-corrected chi connectivity index (χ0v) is 21.7. The van der Waals surface area contributed by atoms with Crippen LogP contribution in [0.2, 0.25) is 0 Å². The van der Waals surface area contributed by atoms with Gasteiger partial charge in [0.25, 0.3) is 0 Å². The van der Waals surface area contributed by atoms with Crippen LogP contribution in [0.1, 0.15) is 0 Å². The summed E-state index contributed by atoms with van der Waals surface area (Å²) in [5.74, 6) is 0. The third kappa shape index (κ3) is 4.35. The van der Waals surface area contributed by atoms with E-state index in [4.69, 9.17) is 4.42 Å². The molecule has 0 unspecified atom stereocenters. The van der Waals surface area contributed by atoms with Crippen LogP contribution in [0.3, 0.4) is 0 Å². The molecule has 0 saturated heterocycles. The molecule has 0 aliphatic heterocycles. The van der Waals surface area contributed by atoms with Crippen LogP contribution in [-0.2, 0) is 0 Å². The quantitative estimate of drug-likeness (QED) is 0.226. The van der Waals surface area contributed by atoms with Crippen molar-refractivity contribution in [1.29, 1.82) is 0 Å². The molecule has 189 valence electrons. The first kappa shape index (κ1) is 24.0. The van der Waals surface area contributed by atoms with Crippen LogP contribution in [0, 0.1) is 0 Å². The molecule has 0 fully saturated rings. The molecule has 1 radical (unpaired) electrons. The molecule has 7 aromatic rings. The number of nitrogens with zero attached hydrogens (tertiary/aromatic N) is 1. The Labute approximate surface area is 233 Å². The van der Waals surface area contributed by atoms with Crippen LogP contribution in [0.5, 0.6) is 0 Å². The second kappa shape index (κ2) is 10.3. The number of fused-ring (bicyclic) bond motifs is 3. The molecule has 0 amide bonds. The molecule has 0 bridgehead atoms. The average molecular weight is 514 g/mol. The van der Waals surface area contributed by atoms with Crippen LogP contribution in [0.4, 0.5) is 17.1 Å². The number of furan rings is 1. The Hall–Kier alpha value is -5.06. The van der Waals surface area contributed by atoms with Crippen molar-refractivity contribution >= 4 is 51.9 Å². The van der Waals surface area contributed by atoms with E-state index < -0.39 is 0 Å². The van der Waals surface area contributed by atoms with Gasteiger partial charge >= 0.3 is 7.48 Å². The lowest BCUT2D eigenvalue weighted by Crippen LogP contribution is -2.15. The Kier molecular flexibility index (Phi) is 6.16. The molecule has 1 heterocycles. The molecule has 6 aromatic carbocycles. The minimum Gasteiger partial charge on any atom is -0.455 e. The molecule has 0 saturated carbocycles. The Morgan fingerprint density at radius 2 is 1.02 bits per heavy atom. The summed E-state index contributed by atoms with van der Waals surface area (Å²) in [6.45, 7) is 0. The monoisotopic (exact) mass is 514 g/mol. The Bertz CT molecular complexity index is 1910. The number of rotatable bonds is 6. The van der Waals surface area contributed by atoms with Crippen molar-refractivity contribution in [3.8, 4) is 22.3 Å². The molecule has 40 heavy (non-hydrogen) atoms. The van der Waals surface area contributed by atoms with Crippen LogP contribution in [0.25, 0.3) is 44.2 Å². The first-order valence-corrected chi connectivity index (χ1v) is 13.3. The van der Waals surface area contributed by atoms with Gasteiger partial charge in [-0.3, -0.25) is 0 Å². The van der Waals surface area contributed by atoms with Gasteiger partial charge in [0.2, 0.25) is 0 Å². The van der Waals surface area contributed by atoms with Gasteiger partial charge in [-0.1, -0.05) is 109 Å². The van der Waals surface area contributed by atoms with Crippen molar-refractivity contribution in [3.63, 3.8) is 0 Å². The van der Waals surface area contributed by atoms with E-state index in [1.807, 2.05) is 48.5 Å². The van der Waals surface area contributed by atoms with Crippen molar-refractivity contribution in [2.24, 2.45) is 0 Å². The van der Waals surface area contributed by atoms with E-state index in [0.29, 0.717) is 0 Å². The van der Waals surface area contributed by atoms with Crippen molar-refractivity contribution < 1.29 is 9.44 Å². The van der Waals surface area contributed by atoms with Crippen LogP contribution < -0.4 is 10.4 Å². The summed E-state index contributed by atoms with van der Waals surface area (Å²) in [5, 5.41) is 11.7. The lowest BCUT2D eigenvalue weighted by molar-refractivity contribution is 0.615. The SMILES string of the molecule is O[B]c1ccc(N(c2ccc(-c3ccccc3)cc2)c2ccc(-c3cccc4c3oc3ccccc34)cc2)cc1. The van der Waals surface area contributed by atoms with E-state index in [1.165, 1.54) is 11.1 Å². The van der Waals surface area contributed by atoms with Gasteiger partial charge in [-0.25, -0.2) is 0 Å². The largest absolute Gasteiger partial charge is 0.455 e. The fraction of sp³-hybridized carbons (Fsp3) is 0. The zero-order valence-electron chi connectivity index (χ0n) is 21.7. The molecule has 0 aliphatic carbocycles. The molecule has 4 heteroatoms. The Morgan fingerprint density at radius 3 is 1.70 bits per heavy atom. The summed E-state index contributed by atoms with van der Waals surface area (Å²) in [7, 11) is 1.12. The Balaban J connectivity index is 1.29. The third-order valence-corrected chi connectivity index (χ3v) is 7.37. The standard InChI is InChI=1S/C36H25BNO2/c39-37-28-17-23-31(24-18-28)38(29-19-13-26(14-20-29)25-7-2-1-3-8-25)30-21-15-27(16-22-30)32-10-6-11-34-33-9-4-5-12-35(33)40-36(32)34/h1-24,39H. The zero-order chi connectivity index (χ0) is 26.9. The van der Waals surface area contributed by atoms with E-state index in [1.54, 1.807) is 0 Å². The second-order valence-corrected chi connectivity index (χ2v) is 9.80. The molecule has 1 aromatic heterocycles. The van der Waals surface area contributed by atoms with Crippen LogP contribution in [-0.4, -0.2) is 12.5 Å². The highest BCUT2D eigenvalue weighted by atomic mass is 16.3. The molecule has 0 atom stereocenters. The van der Waals surface area contributed by atoms with Crippen molar-refractivity contribution in [2.45, 2.75) is 0 Å². The summed E-state index contributed by atoms with van der Waals surface area (Å²) in [6.07, 6.45) is 0.